The molecule has 9 heteroatoms. The van der Waals surface area contributed by atoms with Crippen molar-refractivity contribution in [1.82, 2.24) is 9.58 Å². The molecule has 24 heavy (non-hydrogen) atoms. The lowest BCUT2D eigenvalue weighted by Crippen LogP contribution is -2.16. The molecule has 0 N–H and O–H groups in total. The average molecular weight is 444 g/mol. The highest BCUT2D eigenvalue weighted by Gasteiger charge is 2.34. The van der Waals surface area contributed by atoms with Crippen LogP contribution in [0.4, 0.5) is 0 Å². The number of aromatic nitrogens is 1. The summed E-state index contributed by atoms with van der Waals surface area (Å²) in [6.07, 6.45) is 0. The van der Waals surface area contributed by atoms with Crippen molar-refractivity contribution in [3.63, 3.8) is 0 Å². The third-order valence-corrected chi connectivity index (χ3v) is 6.46. The van der Waals surface area contributed by atoms with E-state index < -0.39 is 0 Å². The second-order valence-corrected chi connectivity index (χ2v) is 8.61. The van der Waals surface area contributed by atoms with Crippen LogP contribution in [0.5, 0.6) is 5.75 Å². The van der Waals surface area contributed by atoms with Gasteiger partial charge in [0.2, 0.25) is 5.17 Å². The zero-order valence-corrected chi connectivity index (χ0v) is 17.0. The number of hydrogen-bond acceptors (Lipinski definition) is 6. The molecule has 1 amide bonds. The lowest BCUT2D eigenvalue weighted by molar-refractivity contribution is 0.0891. The number of halogens is 1. The molecule has 3 rings (SSSR count). The Morgan fingerprint density at radius 3 is 2.75 bits per heavy atom. The van der Waals surface area contributed by atoms with Gasteiger partial charge in [-0.1, -0.05) is 39.0 Å². The van der Waals surface area contributed by atoms with E-state index in [4.69, 9.17) is 17.0 Å². The summed E-state index contributed by atoms with van der Waals surface area (Å²) >= 11 is 11.4. The van der Waals surface area contributed by atoms with Crippen LogP contribution in [0.1, 0.15) is 15.4 Å². The van der Waals surface area contributed by atoms with E-state index in [0.717, 1.165) is 26.8 Å². The number of amidine groups is 1. The molecule has 0 unspecified atom stereocenters. The van der Waals surface area contributed by atoms with Gasteiger partial charge in [0.05, 0.1) is 6.61 Å². The fraction of sp³-hybridized carbons (Fsp3) is 0.267. The van der Waals surface area contributed by atoms with Crippen LogP contribution in [-0.2, 0) is 7.05 Å². The minimum absolute atomic E-state index is 0.111. The molecule has 0 saturated heterocycles. The molecule has 0 spiro atoms. The van der Waals surface area contributed by atoms with Crippen LogP contribution in [0.25, 0.3) is 0 Å². The fourth-order valence-corrected chi connectivity index (χ4v) is 4.17. The first-order valence-electron chi connectivity index (χ1n) is 7.08. The average Bonchev–Trinajstić information content (AvgIpc) is 3.30. The van der Waals surface area contributed by atoms with Crippen molar-refractivity contribution >= 4 is 62.3 Å². The second kappa shape index (κ2) is 7.38. The van der Waals surface area contributed by atoms with Crippen molar-refractivity contribution in [2.45, 2.75) is 6.92 Å². The third kappa shape index (κ3) is 3.90. The number of ether oxygens (including phenoxy) is 1. The summed E-state index contributed by atoms with van der Waals surface area (Å²) in [5.74, 6) is 1.44. The number of hydrogen-bond donors (Lipinski definition) is 0. The molecule has 0 saturated carbocycles. The molecule has 1 aromatic heterocycles. The van der Waals surface area contributed by atoms with E-state index in [1.807, 2.05) is 42.8 Å². The monoisotopic (exact) mass is 443 g/mol. The number of thiazole rings is 1. The summed E-state index contributed by atoms with van der Waals surface area (Å²) < 4.78 is 9.19. The molecular weight excluding hydrogens is 430 g/mol. The Bertz CT molecular complexity index is 858. The largest absolute Gasteiger partial charge is 0.493 e. The van der Waals surface area contributed by atoms with Crippen molar-refractivity contribution in [2.75, 3.05) is 12.4 Å². The summed E-state index contributed by atoms with van der Waals surface area (Å²) in [6, 6.07) is 7.69. The Morgan fingerprint density at radius 1 is 1.42 bits per heavy atom. The van der Waals surface area contributed by atoms with E-state index in [9.17, 15) is 4.79 Å². The van der Waals surface area contributed by atoms with Crippen molar-refractivity contribution in [1.29, 1.82) is 0 Å². The summed E-state index contributed by atoms with van der Waals surface area (Å²) in [5.41, 5.74) is 0.875. The number of hydrazone groups is 1. The third-order valence-electron chi connectivity index (χ3n) is 3.41. The number of nitrogens with zero attached hydrogens (tertiary/aromatic N) is 3. The first kappa shape index (κ1) is 17.7. The number of carbonyl (C=O) groups is 1. The zero-order valence-electron chi connectivity index (χ0n) is 13.0. The van der Waals surface area contributed by atoms with E-state index >= 15 is 0 Å². The van der Waals surface area contributed by atoms with E-state index in [1.54, 1.807) is 0 Å². The molecule has 2 heterocycles. The Labute approximate surface area is 161 Å². The summed E-state index contributed by atoms with van der Waals surface area (Å²) in [4.78, 5) is 13.0. The van der Waals surface area contributed by atoms with Gasteiger partial charge in [0, 0.05) is 23.0 Å². The maximum absolute atomic E-state index is 12.4. The molecule has 0 atom stereocenters. The highest BCUT2D eigenvalue weighted by molar-refractivity contribution is 9.10. The van der Waals surface area contributed by atoms with Gasteiger partial charge in [0.15, 0.2) is 3.95 Å². The molecule has 1 aliphatic heterocycles. The van der Waals surface area contributed by atoms with E-state index in [0.29, 0.717) is 15.4 Å². The van der Waals surface area contributed by atoms with Gasteiger partial charge in [-0.2, -0.15) is 5.01 Å². The Balaban J connectivity index is 1.45. The van der Waals surface area contributed by atoms with E-state index in [2.05, 4.69) is 21.0 Å². The van der Waals surface area contributed by atoms with Gasteiger partial charge in [0.1, 0.15) is 10.6 Å². The van der Waals surface area contributed by atoms with Gasteiger partial charge in [-0.25, -0.2) is 0 Å². The van der Waals surface area contributed by atoms with E-state index in [-0.39, 0.29) is 5.91 Å². The predicted molar refractivity (Wildman–Crippen MR) is 105 cm³/mol. The smallest absolute Gasteiger partial charge is 0.292 e. The molecule has 1 aliphatic rings. The van der Waals surface area contributed by atoms with Crippen molar-refractivity contribution < 1.29 is 9.53 Å². The SMILES string of the molecule is Cc1c(C(=O)N2N=C2SCCOc2ccc(Br)cc2)sc(=S)n1C. The number of rotatable bonds is 5. The predicted octanol–water partition coefficient (Wildman–Crippen LogP) is 4.43. The van der Waals surface area contributed by atoms with E-state index in [1.165, 1.54) is 28.1 Å². The standard InChI is InChI=1S/C15H14BrN3O2S3/c1-9-12(24-15(22)18(9)2)13(20)19-14(17-19)23-8-7-21-11-5-3-10(16)4-6-11/h3-6H,7-8H2,1-2H3. The van der Waals surface area contributed by atoms with Gasteiger partial charge >= 0.3 is 0 Å². The Morgan fingerprint density at radius 2 is 2.12 bits per heavy atom. The molecule has 1 aromatic carbocycles. The van der Waals surface area contributed by atoms with Gasteiger partial charge in [-0.3, -0.25) is 4.79 Å². The van der Waals surface area contributed by atoms with Crippen molar-refractivity contribution in [2.24, 2.45) is 12.1 Å². The molecule has 126 valence electrons. The van der Waals surface area contributed by atoms with Gasteiger partial charge in [-0.15, -0.1) is 5.10 Å². The minimum atomic E-state index is -0.111. The molecule has 5 nitrogen and oxygen atoms in total. The van der Waals surface area contributed by atoms with Crippen LogP contribution in [0.2, 0.25) is 0 Å². The molecular formula is C15H14BrN3O2S3. The Kier molecular flexibility index (Phi) is 5.43. The lowest BCUT2D eigenvalue weighted by Gasteiger charge is -2.05. The highest BCUT2D eigenvalue weighted by atomic mass is 79.9. The van der Waals surface area contributed by atoms with Crippen molar-refractivity contribution in [3.05, 3.63) is 43.3 Å². The quantitative estimate of drug-likeness (QED) is 0.506. The van der Waals surface area contributed by atoms with Crippen LogP contribution in [-0.4, -0.2) is 33.0 Å². The van der Waals surface area contributed by atoms with Crippen LogP contribution in [0.3, 0.4) is 0 Å². The number of thioether (sulfide) groups is 1. The first-order valence-corrected chi connectivity index (χ1v) is 10.1. The maximum Gasteiger partial charge on any atom is 0.292 e. The topological polar surface area (TPSA) is 46.6 Å². The molecule has 0 radical (unpaired) electrons. The fourth-order valence-electron chi connectivity index (χ4n) is 1.92. The maximum atomic E-state index is 12.4. The molecule has 2 aromatic rings. The molecule has 0 fully saturated rings. The van der Waals surface area contributed by atoms with Gasteiger partial charge in [0.25, 0.3) is 5.91 Å². The summed E-state index contributed by atoms with van der Waals surface area (Å²) in [6.45, 7) is 2.44. The number of carbonyl (C=O) groups excluding carboxylic acids is 1. The minimum Gasteiger partial charge on any atom is -0.493 e. The summed E-state index contributed by atoms with van der Waals surface area (Å²) in [5, 5.41) is 6.28. The molecule has 0 aliphatic carbocycles. The van der Waals surface area contributed by atoms with Crippen LogP contribution < -0.4 is 4.74 Å². The second-order valence-electron chi connectivity index (χ2n) is 4.99. The molecule has 0 bridgehead atoms. The normalized spacial score (nSPS) is 13.0. The first-order chi connectivity index (χ1) is 11.5. The number of amides is 1. The zero-order chi connectivity index (χ0) is 17.3. The van der Waals surface area contributed by atoms with Crippen LogP contribution in [0, 0.1) is 10.9 Å². The lowest BCUT2D eigenvalue weighted by atomic mass is 10.3. The van der Waals surface area contributed by atoms with Gasteiger partial charge in [-0.05, 0) is 43.4 Å². The summed E-state index contributed by atoms with van der Waals surface area (Å²) in [7, 11) is 1.86. The number of benzene rings is 1. The van der Waals surface area contributed by atoms with Crippen LogP contribution >= 0.6 is 51.2 Å². The Hall–Kier alpha value is -1.16. The highest BCUT2D eigenvalue weighted by Crippen LogP contribution is 2.28. The van der Waals surface area contributed by atoms with Gasteiger partial charge < -0.3 is 9.30 Å². The van der Waals surface area contributed by atoms with Crippen LogP contribution in [0.15, 0.2) is 33.8 Å². The van der Waals surface area contributed by atoms with Crippen molar-refractivity contribution in [3.8, 4) is 5.75 Å².